The van der Waals surface area contributed by atoms with Crippen molar-refractivity contribution in [2.75, 3.05) is 0 Å². The standard InChI is InChI=1S/C26H25NO6/c1-16(25(30)31)13-21(27-24(29)20-11-12-23(28)22(15-20)26(32)33)14-17-7-9-19(10-8-17)18-5-3-2-4-6-18/h2-12,15-16,21,28H,13-14H2,1H3,(H,27,29)(H,30,31)(H,32,33). The molecular weight excluding hydrogens is 422 g/mol. The first-order valence-corrected chi connectivity index (χ1v) is 10.5. The van der Waals surface area contributed by atoms with E-state index < -0.39 is 35.6 Å². The Morgan fingerprint density at radius 1 is 0.879 bits per heavy atom. The average Bonchev–Trinajstić information content (AvgIpc) is 2.80. The molecule has 4 N–H and O–H groups in total. The largest absolute Gasteiger partial charge is 0.507 e. The van der Waals surface area contributed by atoms with Gasteiger partial charge in [0.1, 0.15) is 11.3 Å². The second-order valence-electron chi connectivity index (χ2n) is 7.95. The van der Waals surface area contributed by atoms with Crippen molar-refractivity contribution in [2.45, 2.75) is 25.8 Å². The summed E-state index contributed by atoms with van der Waals surface area (Å²) in [6, 6.07) is 20.8. The molecule has 33 heavy (non-hydrogen) atoms. The first-order valence-electron chi connectivity index (χ1n) is 10.5. The molecule has 0 aliphatic heterocycles. The first-order chi connectivity index (χ1) is 15.7. The van der Waals surface area contributed by atoms with Crippen LogP contribution in [0.1, 0.15) is 39.6 Å². The van der Waals surface area contributed by atoms with Gasteiger partial charge in [-0.15, -0.1) is 0 Å². The molecule has 7 nitrogen and oxygen atoms in total. The lowest BCUT2D eigenvalue weighted by Crippen LogP contribution is -2.38. The van der Waals surface area contributed by atoms with Crippen molar-refractivity contribution < 1.29 is 29.7 Å². The summed E-state index contributed by atoms with van der Waals surface area (Å²) >= 11 is 0. The van der Waals surface area contributed by atoms with Gasteiger partial charge in [-0.2, -0.15) is 0 Å². The molecule has 0 heterocycles. The van der Waals surface area contributed by atoms with E-state index in [9.17, 15) is 29.7 Å². The molecular formula is C26H25NO6. The molecule has 2 atom stereocenters. The minimum absolute atomic E-state index is 0.0672. The number of amides is 1. The molecule has 0 aliphatic rings. The van der Waals surface area contributed by atoms with Crippen LogP contribution in [0, 0.1) is 5.92 Å². The van der Waals surface area contributed by atoms with Crippen LogP contribution < -0.4 is 5.32 Å². The fraction of sp³-hybridized carbons (Fsp3) is 0.192. The van der Waals surface area contributed by atoms with Gasteiger partial charge in [0, 0.05) is 11.6 Å². The van der Waals surface area contributed by atoms with Crippen molar-refractivity contribution in [1.29, 1.82) is 0 Å². The van der Waals surface area contributed by atoms with Gasteiger partial charge in [-0.3, -0.25) is 9.59 Å². The zero-order valence-electron chi connectivity index (χ0n) is 18.1. The van der Waals surface area contributed by atoms with E-state index in [0.29, 0.717) is 6.42 Å². The fourth-order valence-corrected chi connectivity index (χ4v) is 3.59. The number of aromatic hydroxyl groups is 1. The predicted octanol–water partition coefficient (Wildman–Crippen LogP) is 4.21. The van der Waals surface area contributed by atoms with Gasteiger partial charge >= 0.3 is 11.9 Å². The summed E-state index contributed by atoms with van der Waals surface area (Å²) < 4.78 is 0. The second-order valence-corrected chi connectivity index (χ2v) is 7.95. The Hall–Kier alpha value is -4.13. The van der Waals surface area contributed by atoms with Crippen LogP contribution in [0.15, 0.2) is 72.8 Å². The molecule has 0 aliphatic carbocycles. The van der Waals surface area contributed by atoms with Crippen LogP contribution in [0.25, 0.3) is 11.1 Å². The van der Waals surface area contributed by atoms with Crippen LogP contribution >= 0.6 is 0 Å². The van der Waals surface area contributed by atoms with Gasteiger partial charge in [0.15, 0.2) is 0 Å². The van der Waals surface area contributed by atoms with Gasteiger partial charge in [-0.05, 0) is 47.7 Å². The number of aliphatic carboxylic acids is 1. The van der Waals surface area contributed by atoms with E-state index in [1.165, 1.54) is 6.07 Å². The predicted molar refractivity (Wildman–Crippen MR) is 123 cm³/mol. The first kappa shape index (κ1) is 23.5. The maximum absolute atomic E-state index is 12.8. The van der Waals surface area contributed by atoms with Gasteiger partial charge in [0.2, 0.25) is 0 Å². The van der Waals surface area contributed by atoms with E-state index in [-0.39, 0.29) is 17.5 Å². The van der Waals surface area contributed by atoms with E-state index in [4.69, 9.17) is 0 Å². The van der Waals surface area contributed by atoms with Crippen molar-refractivity contribution in [1.82, 2.24) is 5.32 Å². The van der Waals surface area contributed by atoms with Crippen molar-refractivity contribution in [3.05, 3.63) is 89.5 Å². The average molecular weight is 447 g/mol. The molecule has 3 aromatic carbocycles. The highest BCUT2D eigenvalue weighted by Gasteiger charge is 2.22. The Bertz CT molecular complexity index is 1140. The van der Waals surface area contributed by atoms with Gasteiger partial charge in [0.05, 0.1) is 5.92 Å². The van der Waals surface area contributed by atoms with Gasteiger partial charge in [-0.25, -0.2) is 4.79 Å². The lowest BCUT2D eigenvalue weighted by Gasteiger charge is -2.21. The van der Waals surface area contributed by atoms with Crippen LogP contribution in [0.5, 0.6) is 5.75 Å². The number of carboxylic acids is 2. The van der Waals surface area contributed by atoms with Crippen LogP contribution in [0.2, 0.25) is 0 Å². The molecule has 0 saturated carbocycles. The zero-order valence-corrected chi connectivity index (χ0v) is 18.1. The number of nitrogens with one attached hydrogen (secondary N) is 1. The molecule has 3 rings (SSSR count). The van der Waals surface area contributed by atoms with Gasteiger partial charge in [-0.1, -0.05) is 61.5 Å². The number of hydrogen-bond acceptors (Lipinski definition) is 4. The number of hydrogen-bond donors (Lipinski definition) is 4. The SMILES string of the molecule is CC(CC(Cc1ccc(-c2ccccc2)cc1)NC(=O)c1ccc(O)c(C(=O)O)c1)C(=O)O. The summed E-state index contributed by atoms with van der Waals surface area (Å²) in [4.78, 5) is 35.4. The molecule has 0 spiro atoms. The fourth-order valence-electron chi connectivity index (χ4n) is 3.59. The number of rotatable bonds is 9. The second kappa shape index (κ2) is 10.5. The van der Waals surface area contributed by atoms with Crippen LogP contribution in [0.4, 0.5) is 0 Å². The number of aromatic carboxylic acids is 1. The Morgan fingerprint density at radius 2 is 1.52 bits per heavy atom. The maximum atomic E-state index is 12.8. The summed E-state index contributed by atoms with van der Waals surface area (Å²) in [6.07, 6.45) is 0.605. The number of carbonyl (C=O) groups excluding carboxylic acids is 1. The molecule has 0 saturated heterocycles. The molecule has 3 aromatic rings. The normalized spacial score (nSPS) is 12.5. The van der Waals surface area contributed by atoms with Crippen molar-refractivity contribution in [3.63, 3.8) is 0 Å². The highest BCUT2D eigenvalue weighted by atomic mass is 16.4. The summed E-state index contributed by atoms with van der Waals surface area (Å²) in [5, 5.41) is 31.0. The molecule has 170 valence electrons. The van der Waals surface area contributed by atoms with E-state index in [1.807, 2.05) is 54.6 Å². The van der Waals surface area contributed by atoms with Crippen LogP contribution in [0.3, 0.4) is 0 Å². The monoisotopic (exact) mass is 447 g/mol. The smallest absolute Gasteiger partial charge is 0.339 e. The van der Waals surface area contributed by atoms with Crippen molar-refractivity contribution >= 4 is 17.8 Å². The summed E-state index contributed by atoms with van der Waals surface area (Å²) in [5.41, 5.74) is 2.74. The molecule has 0 aromatic heterocycles. The molecule has 7 heteroatoms. The Morgan fingerprint density at radius 3 is 2.12 bits per heavy atom. The number of phenols is 1. The minimum Gasteiger partial charge on any atom is -0.507 e. The third-order valence-corrected chi connectivity index (χ3v) is 5.43. The molecule has 0 fully saturated rings. The van der Waals surface area contributed by atoms with E-state index in [1.54, 1.807) is 6.92 Å². The Labute approximate surface area is 191 Å². The van der Waals surface area contributed by atoms with E-state index in [0.717, 1.165) is 28.8 Å². The van der Waals surface area contributed by atoms with Crippen molar-refractivity contribution in [2.24, 2.45) is 5.92 Å². The summed E-state index contributed by atoms with van der Waals surface area (Å²) in [5.74, 6) is -3.98. The lowest BCUT2D eigenvalue weighted by molar-refractivity contribution is -0.141. The summed E-state index contributed by atoms with van der Waals surface area (Å²) in [6.45, 7) is 1.57. The number of carbonyl (C=O) groups is 3. The minimum atomic E-state index is -1.35. The molecule has 0 bridgehead atoms. The molecule has 0 radical (unpaired) electrons. The van der Waals surface area contributed by atoms with Crippen LogP contribution in [-0.2, 0) is 11.2 Å². The zero-order chi connectivity index (χ0) is 24.0. The summed E-state index contributed by atoms with van der Waals surface area (Å²) in [7, 11) is 0. The van der Waals surface area contributed by atoms with E-state index in [2.05, 4.69) is 5.32 Å². The van der Waals surface area contributed by atoms with Crippen LogP contribution in [-0.4, -0.2) is 39.2 Å². The molecule has 1 amide bonds. The Balaban J connectivity index is 1.78. The number of benzene rings is 3. The van der Waals surface area contributed by atoms with Gasteiger partial charge < -0.3 is 20.6 Å². The Kier molecular flexibility index (Phi) is 7.46. The maximum Gasteiger partial charge on any atom is 0.339 e. The number of carboxylic acid groups (broad SMARTS) is 2. The highest BCUT2D eigenvalue weighted by molar-refractivity contribution is 5.99. The third-order valence-electron chi connectivity index (χ3n) is 5.43. The van der Waals surface area contributed by atoms with Crippen molar-refractivity contribution in [3.8, 4) is 16.9 Å². The topological polar surface area (TPSA) is 124 Å². The lowest BCUT2D eigenvalue weighted by atomic mass is 9.94. The highest BCUT2D eigenvalue weighted by Crippen LogP contribution is 2.22. The quantitative estimate of drug-likeness (QED) is 0.390. The molecule has 2 unspecified atom stereocenters. The van der Waals surface area contributed by atoms with Gasteiger partial charge in [0.25, 0.3) is 5.91 Å². The third kappa shape index (κ3) is 6.20. The van der Waals surface area contributed by atoms with E-state index >= 15 is 0 Å².